The van der Waals surface area contributed by atoms with Gasteiger partial charge in [-0.3, -0.25) is 0 Å². The molecule has 0 rings (SSSR count). The molecule has 0 N–H and O–H groups in total. The van der Waals surface area contributed by atoms with E-state index in [2.05, 4.69) is 0 Å². The molecule has 0 aromatic heterocycles. The van der Waals surface area contributed by atoms with Crippen LogP contribution in [0.3, 0.4) is 0 Å². The first-order valence-corrected chi connectivity index (χ1v) is 0. The minimum absolute atomic E-state index is 0. The molecule has 0 bridgehead atoms. The molecule has 0 aromatic rings. The van der Waals surface area contributed by atoms with Crippen LogP contribution >= 0.6 is 0 Å². The van der Waals surface area contributed by atoms with Crippen molar-refractivity contribution in [1.82, 2.24) is 0 Å². The summed E-state index contributed by atoms with van der Waals surface area (Å²) >= 11 is 0. The van der Waals surface area contributed by atoms with Crippen LogP contribution < -0.4 is 0 Å². The van der Waals surface area contributed by atoms with Crippen molar-refractivity contribution < 1.29 is 67.1 Å². The molecule has 0 aliphatic heterocycles. The number of nitrogens with zero attached hydrogens (tertiary/aromatic N) is 5. The van der Waals surface area contributed by atoms with E-state index in [9.17, 15) is 0 Å². The molecule has 0 aliphatic carbocycles. The molecule has 9 heavy (non-hydrogen) atoms. The van der Waals surface area contributed by atoms with Gasteiger partial charge in [0.2, 0.25) is 0 Å². The zero-order valence-electron chi connectivity index (χ0n) is 4.08. The summed E-state index contributed by atoms with van der Waals surface area (Å²) in [6, 6.07) is 0. The first-order valence-electron chi connectivity index (χ1n) is 0. The molecule has 9 heteroatoms. The molecule has 0 amide bonds. The molecular formula is N5SiTa3. The summed E-state index contributed by atoms with van der Waals surface area (Å²) < 4.78 is 0. The van der Waals surface area contributed by atoms with Gasteiger partial charge in [0.25, 0.3) is 0 Å². The summed E-state index contributed by atoms with van der Waals surface area (Å²) in [5.74, 6) is 0. The molecule has 4 radical (unpaired) electrons. The molecule has 0 aliphatic rings. The van der Waals surface area contributed by atoms with E-state index in [0.717, 1.165) is 0 Å². The molecule has 44 valence electrons. The van der Waals surface area contributed by atoms with E-state index in [0.29, 0.717) is 0 Å². The Morgan fingerprint density at radius 1 is 0.333 bits per heavy atom. The Morgan fingerprint density at radius 2 is 0.333 bits per heavy atom. The molecule has 0 saturated carbocycles. The standard InChI is InChI=1S/5N.Si.3Ta/q5*-3;;3*+5. The Hall–Kier alpha value is 2.24. The van der Waals surface area contributed by atoms with Crippen LogP contribution in [0.5, 0.6) is 0 Å². The normalized spacial score (nSPS) is 0. The second kappa shape index (κ2) is 174. The van der Waals surface area contributed by atoms with Gasteiger partial charge in [-0.15, -0.1) is 0 Å². The van der Waals surface area contributed by atoms with Crippen LogP contribution in [-0.2, 0) is 67.1 Å². The summed E-state index contributed by atoms with van der Waals surface area (Å²) in [6.45, 7) is 0. The summed E-state index contributed by atoms with van der Waals surface area (Å²) in [5, 5.41) is 0. The van der Waals surface area contributed by atoms with E-state index in [4.69, 9.17) is 0 Å². The van der Waals surface area contributed by atoms with Gasteiger partial charge in [-0.2, -0.15) is 0 Å². The van der Waals surface area contributed by atoms with Gasteiger partial charge in [-0.05, 0) is 0 Å². The van der Waals surface area contributed by atoms with Gasteiger partial charge in [0.05, 0.1) is 0 Å². The smallest absolute Gasteiger partial charge is 3.00 e. The number of rotatable bonds is 0. The van der Waals surface area contributed by atoms with E-state index >= 15 is 0 Å². The van der Waals surface area contributed by atoms with E-state index < -0.39 is 0 Å². The van der Waals surface area contributed by atoms with Crippen LogP contribution in [0, 0.1) is 0 Å². The Balaban J connectivity index is 0. The second-order valence-corrected chi connectivity index (χ2v) is 0. The Bertz CT molecular complexity index is 12.2. The van der Waals surface area contributed by atoms with Gasteiger partial charge >= 0.3 is 67.1 Å². The first kappa shape index (κ1) is 235. The fraction of sp³-hybridized carbons (Fsp3) is 0. The van der Waals surface area contributed by atoms with Crippen LogP contribution in [0.4, 0.5) is 0 Å². The maximum atomic E-state index is 0. The van der Waals surface area contributed by atoms with Gasteiger partial charge in [-0.1, -0.05) is 0 Å². The minimum Gasteiger partial charge on any atom is -3.00 e. The fourth-order valence-electron chi connectivity index (χ4n) is 0. The van der Waals surface area contributed by atoms with Crippen molar-refractivity contribution in [3.63, 3.8) is 0 Å². The van der Waals surface area contributed by atoms with Gasteiger partial charge in [0, 0.05) is 11.0 Å². The van der Waals surface area contributed by atoms with E-state index in [1.807, 2.05) is 0 Å². The molecule has 0 atom stereocenters. The van der Waals surface area contributed by atoms with E-state index in [1.165, 1.54) is 0 Å². The van der Waals surface area contributed by atoms with Gasteiger partial charge in [0.15, 0.2) is 0 Å². The van der Waals surface area contributed by atoms with Gasteiger partial charge in [-0.25, -0.2) is 0 Å². The fourth-order valence-corrected chi connectivity index (χ4v) is 0. The summed E-state index contributed by atoms with van der Waals surface area (Å²) in [6.07, 6.45) is 0. The molecule has 0 aromatic carbocycles. The SMILES string of the molecule is [N-3].[N-3].[N-3].[N-3].[N-3].[Si].[Ta+5].[Ta+5].[Ta+5]. The topological polar surface area (TPSA) is 152 Å². The summed E-state index contributed by atoms with van der Waals surface area (Å²) in [7, 11) is 0. The zero-order valence-corrected chi connectivity index (χ0v) is 14.7. The molecule has 5 nitrogen and oxygen atoms in total. The van der Waals surface area contributed by atoms with Crippen molar-refractivity contribution in [2.75, 3.05) is 0 Å². The first-order chi connectivity index (χ1) is 0. The second-order valence-electron chi connectivity index (χ2n) is 0. The van der Waals surface area contributed by atoms with E-state index in [1.54, 1.807) is 0 Å². The van der Waals surface area contributed by atoms with Crippen LogP contribution in [0.25, 0.3) is 30.8 Å². The third-order valence-corrected chi connectivity index (χ3v) is 0. The third-order valence-electron chi connectivity index (χ3n) is 0. The third kappa shape index (κ3) is 139. The van der Waals surface area contributed by atoms with Crippen molar-refractivity contribution in [3.05, 3.63) is 30.8 Å². The summed E-state index contributed by atoms with van der Waals surface area (Å²) in [5.41, 5.74) is 0. The molecule has 0 saturated heterocycles. The van der Waals surface area contributed by atoms with Gasteiger partial charge < -0.3 is 30.8 Å². The molecular weight excluding hydrogens is 641 g/mol. The van der Waals surface area contributed by atoms with Gasteiger partial charge in [0.1, 0.15) is 0 Å². The Labute approximate surface area is 108 Å². The Morgan fingerprint density at radius 3 is 0.333 bits per heavy atom. The molecule has 0 spiro atoms. The predicted molar refractivity (Wildman–Crippen MR) is 22.5 cm³/mol. The molecule has 0 heterocycles. The van der Waals surface area contributed by atoms with Crippen molar-refractivity contribution in [3.8, 4) is 0 Å². The Kier molecular flexibility index (Phi) is 4560. The van der Waals surface area contributed by atoms with Crippen molar-refractivity contribution in [2.24, 2.45) is 0 Å². The van der Waals surface area contributed by atoms with Crippen LogP contribution in [0.1, 0.15) is 0 Å². The van der Waals surface area contributed by atoms with Crippen LogP contribution in [-0.4, -0.2) is 11.0 Å². The number of hydrogen-bond donors (Lipinski definition) is 0. The average Bonchev–Trinajstić information content (AvgIpc) is 0. The van der Waals surface area contributed by atoms with Crippen LogP contribution in [0.15, 0.2) is 0 Å². The zero-order chi connectivity index (χ0) is 0. The van der Waals surface area contributed by atoms with Crippen molar-refractivity contribution in [2.45, 2.75) is 0 Å². The largest absolute Gasteiger partial charge is 5.00 e. The molecule has 0 fully saturated rings. The maximum Gasteiger partial charge on any atom is 5.00 e. The quantitative estimate of drug-likeness (QED) is 0.348. The number of hydrogen-bond acceptors (Lipinski definition) is 0. The summed E-state index contributed by atoms with van der Waals surface area (Å²) in [4.78, 5) is 0. The van der Waals surface area contributed by atoms with Crippen LogP contribution in [0.2, 0.25) is 0 Å². The average molecular weight is 641 g/mol. The molecule has 0 unspecified atom stereocenters. The van der Waals surface area contributed by atoms with E-state index in [-0.39, 0.29) is 109 Å². The minimum atomic E-state index is 0. The maximum absolute atomic E-state index is 0. The predicted octanol–water partition coefficient (Wildman–Crippen LogP) is 1.06. The van der Waals surface area contributed by atoms with Crippen molar-refractivity contribution in [1.29, 1.82) is 0 Å². The monoisotopic (exact) mass is 641 g/mol. The van der Waals surface area contributed by atoms with Crippen molar-refractivity contribution >= 4 is 11.0 Å².